The predicted molar refractivity (Wildman–Crippen MR) is 81.5 cm³/mol. The molecule has 23 heavy (non-hydrogen) atoms. The Bertz CT molecular complexity index is 600. The number of amides is 2. The SMILES string of the molecule is COCCN1CC(C(=O)NC(C)c2nnc3n2CCC3)CC1=O. The Morgan fingerprint density at radius 2 is 2.30 bits per heavy atom. The van der Waals surface area contributed by atoms with Gasteiger partial charge in [0.2, 0.25) is 11.8 Å². The Labute approximate surface area is 135 Å². The van der Waals surface area contributed by atoms with Crippen molar-refractivity contribution in [3.05, 3.63) is 11.6 Å². The van der Waals surface area contributed by atoms with E-state index in [0.717, 1.165) is 31.0 Å². The van der Waals surface area contributed by atoms with Crippen LogP contribution in [0.5, 0.6) is 0 Å². The quantitative estimate of drug-likeness (QED) is 0.790. The third-order valence-corrected chi connectivity index (χ3v) is 4.53. The lowest BCUT2D eigenvalue weighted by Gasteiger charge is -2.18. The van der Waals surface area contributed by atoms with E-state index in [1.54, 1.807) is 12.0 Å². The van der Waals surface area contributed by atoms with Gasteiger partial charge in [0, 0.05) is 39.6 Å². The fourth-order valence-corrected chi connectivity index (χ4v) is 3.25. The Balaban J connectivity index is 1.58. The van der Waals surface area contributed by atoms with Crippen LogP contribution in [-0.4, -0.2) is 58.3 Å². The van der Waals surface area contributed by atoms with E-state index >= 15 is 0 Å². The number of ether oxygens (including phenoxy) is 1. The lowest BCUT2D eigenvalue weighted by atomic mass is 10.1. The summed E-state index contributed by atoms with van der Waals surface area (Å²) >= 11 is 0. The fraction of sp³-hybridized carbons (Fsp3) is 0.733. The van der Waals surface area contributed by atoms with Gasteiger partial charge in [-0.15, -0.1) is 10.2 Å². The van der Waals surface area contributed by atoms with E-state index in [1.807, 2.05) is 6.92 Å². The van der Waals surface area contributed by atoms with Crippen molar-refractivity contribution in [3.63, 3.8) is 0 Å². The number of nitrogens with one attached hydrogen (secondary N) is 1. The molecule has 1 saturated heterocycles. The highest BCUT2D eigenvalue weighted by molar-refractivity contribution is 5.89. The van der Waals surface area contributed by atoms with Crippen LogP contribution in [0.1, 0.15) is 37.5 Å². The second-order valence-corrected chi connectivity index (χ2v) is 6.19. The average molecular weight is 321 g/mol. The predicted octanol–water partition coefficient (Wildman–Crippen LogP) is -0.104. The number of likely N-dealkylation sites (tertiary alicyclic amines) is 1. The molecule has 0 radical (unpaired) electrons. The van der Waals surface area contributed by atoms with E-state index in [4.69, 9.17) is 4.74 Å². The molecule has 0 spiro atoms. The van der Waals surface area contributed by atoms with Gasteiger partial charge in [-0.05, 0) is 13.3 Å². The third-order valence-electron chi connectivity index (χ3n) is 4.53. The maximum absolute atomic E-state index is 12.4. The number of carbonyl (C=O) groups excluding carboxylic acids is 2. The first-order valence-electron chi connectivity index (χ1n) is 8.09. The molecular weight excluding hydrogens is 298 g/mol. The first kappa shape index (κ1) is 15.9. The highest BCUT2D eigenvalue weighted by Crippen LogP contribution is 2.21. The molecule has 1 fully saturated rings. The van der Waals surface area contributed by atoms with Crippen molar-refractivity contribution in [3.8, 4) is 0 Å². The van der Waals surface area contributed by atoms with Crippen molar-refractivity contribution in [2.45, 2.75) is 38.8 Å². The minimum atomic E-state index is -0.303. The highest BCUT2D eigenvalue weighted by Gasteiger charge is 2.35. The summed E-state index contributed by atoms with van der Waals surface area (Å²) in [6.45, 7) is 4.30. The summed E-state index contributed by atoms with van der Waals surface area (Å²) in [5, 5.41) is 11.3. The third kappa shape index (κ3) is 3.21. The Morgan fingerprint density at radius 1 is 1.48 bits per heavy atom. The van der Waals surface area contributed by atoms with E-state index in [0.29, 0.717) is 19.7 Å². The molecular formula is C15H23N5O3. The summed E-state index contributed by atoms with van der Waals surface area (Å²) < 4.78 is 7.07. The van der Waals surface area contributed by atoms with Gasteiger partial charge in [0.15, 0.2) is 5.82 Å². The van der Waals surface area contributed by atoms with Crippen LogP contribution in [-0.2, 0) is 27.3 Å². The highest BCUT2D eigenvalue weighted by atomic mass is 16.5. The molecule has 0 bridgehead atoms. The average Bonchev–Trinajstić information content (AvgIpc) is 3.19. The standard InChI is InChI=1S/C15H23N5O3/c1-10(14-18-17-12-4-3-5-20(12)14)16-15(22)11-8-13(21)19(9-11)6-7-23-2/h10-11H,3-9H2,1-2H3,(H,16,22). The molecule has 3 heterocycles. The summed E-state index contributed by atoms with van der Waals surface area (Å²) in [7, 11) is 1.60. The molecule has 8 heteroatoms. The van der Waals surface area contributed by atoms with Gasteiger partial charge < -0.3 is 19.5 Å². The summed E-state index contributed by atoms with van der Waals surface area (Å²) in [4.78, 5) is 26.1. The van der Waals surface area contributed by atoms with Gasteiger partial charge in [0.05, 0.1) is 18.6 Å². The van der Waals surface area contributed by atoms with Crippen LogP contribution in [0.25, 0.3) is 0 Å². The summed E-state index contributed by atoms with van der Waals surface area (Å²) in [6, 6.07) is -0.204. The van der Waals surface area contributed by atoms with Crippen LogP contribution in [0.3, 0.4) is 0 Å². The zero-order chi connectivity index (χ0) is 16.4. The van der Waals surface area contributed by atoms with Crippen LogP contribution in [0.4, 0.5) is 0 Å². The lowest BCUT2D eigenvalue weighted by molar-refractivity contribution is -0.129. The maximum atomic E-state index is 12.4. The molecule has 1 N–H and O–H groups in total. The first-order valence-corrected chi connectivity index (χ1v) is 8.09. The molecule has 1 aromatic rings. The number of carbonyl (C=O) groups is 2. The normalized spacial score (nSPS) is 21.6. The number of fused-ring (bicyclic) bond motifs is 1. The number of nitrogens with zero attached hydrogens (tertiary/aromatic N) is 4. The van der Waals surface area contributed by atoms with Gasteiger partial charge in [-0.2, -0.15) is 0 Å². The number of methoxy groups -OCH3 is 1. The van der Waals surface area contributed by atoms with Crippen molar-refractivity contribution in [2.75, 3.05) is 26.8 Å². The summed E-state index contributed by atoms with van der Waals surface area (Å²) in [6.07, 6.45) is 2.28. The molecule has 2 aliphatic rings. The van der Waals surface area contributed by atoms with Crippen molar-refractivity contribution in [1.82, 2.24) is 25.0 Å². The van der Waals surface area contributed by atoms with E-state index < -0.39 is 0 Å². The molecule has 8 nitrogen and oxygen atoms in total. The number of hydrogen-bond donors (Lipinski definition) is 1. The van der Waals surface area contributed by atoms with Crippen LogP contribution >= 0.6 is 0 Å². The van der Waals surface area contributed by atoms with Gasteiger partial charge in [0.1, 0.15) is 5.82 Å². The van der Waals surface area contributed by atoms with Gasteiger partial charge in [-0.3, -0.25) is 9.59 Å². The molecule has 0 aliphatic carbocycles. The second kappa shape index (κ2) is 6.66. The van der Waals surface area contributed by atoms with E-state index in [2.05, 4.69) is 20.1 Å². The van der Waals surface area contributed by atoms with Crippen molar-refractivity contribution in [1.29, 1.82) is 0 Å². The molecule has 0 aromatic carbocycles. The lowest BCUT2D eigenvalue weighted by Crippen LogP contribution is -2.36. The van der Waals surface area contributed by atoms with Crippen molar-refractivity contribution < 1.29 is 14.3 Å². The summed E-state index contributed by atoms with van der Waals surface area (Å²) in [5.41, 5.74) is 0. The number of rotatable bonds is 6. The topological polar surface area (TPSA) is 89.3 Å². The van der Waals surface area contributed by atoms with Crippen LogP contribution in [0.2, 0.25) is 0 Å². The molecule has 2 aliphatic heterocycles. The van der Waals surface area contributed by atoms with Crippen LogP contribution in [0.15, 0.2) is 0 Å². The molecule has 0 saturated carbocycles. The van der Waals surface area contributed by atoms with E-state index in [9.17, 15) is 9.59 Å². The van der Waals surface area contributed by atoms with Gasteiger partial charge in [0.25, 0.3) is 0 Å². The molecule has 3 rings (SSSR count). The summed E-state index contributed by atoms with van der Waals surface area (Å²) in [5.74, 6) is 1.40. The van der Waals surface area contributed by atoms with Crippen molar-refractivity contribution in [2.24, 2.45) is 5.92 Å². The van der Waals surface area contributed by atoms with Crippen LogP contribution < -0.4 is 5.32 Å². The largest absolute Gasteiger partial charge is 0.383 e. The zero-order valence-electron chi connectivity index (χ0n) is 13.6. The van der Waals surface area contributed by atoms with Gasteiger partial charge in [-0.1, -0.05) is 0 Å². The Morgan fingerprint density at radius 3 is 3.09 bits per heavy atom. The Kier molecular flexibility index (Phi) is 4.61. The van der Waals surface area contributed by atoms with Crippen LogP contribution in [0, 0.1) is 5.92 Å². The molecule has 2 amide bonds. The molecule has 2 atom stereocenters. The zero-order valence-corrected chi connectivity index (χ0v) is 13.6. The molecule has 2 unspecified atom stereocenters. The molecule has 126 valence electrons. The fourth-order valence-electron chi connectivity index (χ4n) is 3.25. The second-order valence-electron chi connectivity index (χ2n) is 6.19. The number of hydrogen-bond acceptors (Lipinski definition) is 5. The van der Waals surface area contributed by atoms with E-state index in [-0.39, 0.29) is 30.2 Å². The smallest absolute Gasteiger partial charge is 0.226 e. The maximum Gasteiger partial charge on any atom is 0.226 e. The van der Waals surface area contributed by atoms with E-state index in [1.165, 1.54) is 0 Å². The monoisotopic (exact) mass is 321 g/mol. The minimum absolute atomic E-state index is 0.0122. The first-order chi connectivity index (χ1) is 11.1. The van der Waals surface area contributed by atoms with Crippen molar-refractivity contribution >= 4 is 11.8 Å². The van der Waals surface area contributed by atoms with Gasteiger partial charge in [-0.25, -0.2) is 0 Å². The Hall–Kier alpha value is -1.96. The van der Waals surface area contributed by atoms with Gasteiger partial charge >= 0.3 is 0 Å². The molecule has 1 aromatic heterocycles. The minimum Gasteiger partial charge on any atom is -0.383 e. The number of aromatic nitrogens is 3. The number of aryl methyl sites for hydroxylation is 1.